The molecule has 0 aliphatic heterocycles. The number of para-hydroxylation sites is 1. The number of hydrogen-bond acceptors (Lipinski definition) is 3. The molecule has 0 bridgehead atoms. The van der Waals surface area contributed by atoms with Crippen LogP contribution in [0, 0.1) is 11.3 Å². The predicted octanol–water partition coefficient (Wildman–Crippen LogP) is 4.83. The first kappa shape index (κ1) is 13.0. The molecule has 0 saturated carbocycles. The molecule has 0 radical (unpaired) electrons. The van der Waals surface area contributed by atoms with Crippen LogP contribution in [0.25, 0.3) is 0 Å². The molecule has 2 aromatic carbocycles. The molecule has 4 heteroatoms. The minimum atomic E-state index is 0.522. The Morgan fingerprint density at radius 1 is 1.17 bits per heavy atom. The molecule has 0 aliphatic carbocycles. The largest absolute Gasteiger partial charge is 0.455 e. The summed E-state index contributed by atoms with van der Waals surface area (Å²) in [5.74, 6) is 1.33. The average molecular weight is 320 g/mol. The molecule has 2 rings (SSSR count). The third-order valence-corrected chi connectivity index (χ3v) is 3.62. The maximum atomic E-state index is 9.06. The molecule has 0 amide bonds. The first-order valence-electron chi connectivity index (χ1n) is 5.25. The van der Waals surface area contributed by atoms with E-state index in [1.54, 1.807) is 23.9 Å². The van der Waals surface area contributed by atoms with Gasteiger partial charge in [0.1, 0.15) is 17.6 Å². The van der Waals surface area contributed by atoms with E-state index in [0.717, 1.165) is 15.1 Å². The highest BCUT2D eigenvalue weighted by molar-refractivity contribution is 9.10. The van der Waals surface area contributed by atoms with E-state index in [0.29, 0.717) is 11.3 Å². The third-order valence-electron chi connectivity index (χ3n) is 2.35. The molecule has 0 saturated heterocycles. The van der Waals surface area contributed by atoms with Gasteiger partial charge in [0.15, 0.2) is 0 Å². The lowest BCUT2D eigenvalue weighted by atomic mass is 10.2. The van der Waals surface area contributed by atoms with Crippen molar-refractivity contribution in [1.29, 1.82) is 5.26 Å². The van der Waals surface area contributed by atoms with Crippen LogP contribution in [0.5, 0.6) is 11.5 Å². The summed E-state index contributed by atoms with van der Waals surface area (Å²) in [7, 11) is 0. The number of nitrogens with zero attached hydrogens (tertiary/aromatic N) is 1. The Kier molecular flexibility index (Phi) is 4.29. The Balaban J connectivity index is 2.40. The van der Waals surface area contributed by atoms with E-state index >= 15 is 0 Å². The zero-order chi connectivity index (χ0) is 13.0. The monoisotopic (exact) mass is 319 g/mol. The number of ether oxygens (including phenoxy) is 1. The van der Waals surface area contributed by atoms with Gasteiger partial charge in [-0.15, -0.1) is 11.8 Å². The van der Waals surface area contributed by atoms with Gasteiger partial charge in [0, 0.05) is 9.37 Å². The van der Waals surface area contributed by atoms with Crippen LogP contribution in [0.15, 0.2) is 51.8 Å². The second-order valence-electron chi connectivity index (χ2n) is 3.51. The predicted molar refractivity (Wildman–Crippen MR) is 77.2 cm³/mol. The van der Waals surface area contributed by atoms with Crippen LogP contribution < -0.4 is 4.74 Å². The minimum absolute atomic E-state index is 0.522. The van der Waals surface area contributed by atoms with Crippen molar-refractivity contribution in [1.82, 2.24) is 0 Å². The summed E-state index contributed by atoms with van der Waals surface area (Å²) in [6.45, 7) is 0. The van der Waals surface area contributed by atoms with E-state index in [2.05, 4.69) is 22.0 Å². The van der Waals surface area contributed by atoms with Gasteiger partial charge in [-0.2, -0.15) is 5.26 Å². The Bertz CT molecular complexity index is 607. The van der Waals surface area contributed by atoms with Gasteiger partial charge >= 0.3 is 0 Å². The molecular formula is C14H10BrNOS. The molecule has 2 nitrogen and oxygen atoms in total. The number of benzene rings is 2. The molecule has 90 valence electrons. The summed E-state index contributed by atoms with van der Waals surface area (Å²) in [5.41, 5.74) is 0.522. The quantitative estimate of drug-likeness (QED) is 0.759. The first-order chi connectivity index (χ1) is 8.74. The van der Waals surface area contributed by atoms with Gasteiger partial charge in [-0.05, 0) is 36.6 Å². The molecule has 0 fully saturated rings. The van der Waals surface area contributed by atoms with E-state index in [4.69, 9.17) is 10.00 Å². The van der Waals surface area contributed by atoms with Crippen LogP contribution in [-0.4, -0.2) is 6.26 Å². The number of hydrogen-bond donors (Lipinski definition) is 0. The molecular weight excluding hydrogens is 310 g/mol. The van der Waals surface area contributed by atoms with Crippen LogP contribution in [0.3, 0.4) is 0 Å². The van der Waals surface area contributed by atoms with Crippen LogP contribution in [-0.2, 0) is 0 Å². The Hall–Kier alpha value is -1.44. The SMILES string of the molecule is CSc1ccccc1Oc1cc(Br)ccc1C#N. The molecule has 0 N–H and O–H groups in total. The molecule has 0 heterocycles. The maximum absolute atomic E-state index is 9.06. The molecule has 0 spiro atoms. The summed E-state index contributed by atoms with van der Waals surface area (Å²) in [6, 6.07) is 15.3. The summed E-state index contributed by atoms with van der Waals surface area (Å²) in [6.07, 6.45) is 1.99. The van der Waals surface area contributed by atoms with E-state index < -0.39 is 0 Å². The fourth-order valence-corrected chi connectivity index (χ4v) is 2.36. The normalized spacial score (nSPS) is 9.83. The summed E-state index contributed by atoms with van der Waals surface area (Å²) in [5, 5.41) is 9.06. The van der Waals surface area contributed by atoms with E-state index in [1.165, 1.54) is 0 Å². The highest BCUT2D eigenvalue weighted by Gasteiger charge is 2.08. The van der Waals surface area contributed by atoms with Crippen molar-refractivity contribution in [2.75, 3.05) is 6.26 Å². The molecule has 0 aliphatic rings. The van der Waals surface area contributed by atoms with Gasteiger partial charge in [0.05, 0.1) is 5.56 Å². The van der Waals surface area contributed by atoms with Gasteiger partial charge in [0.2, 0.25) is 0 Å². The standard InChI is InChI=1S/C14H10BrNOS/c1-18-14-5-3-2-4-12(14)17-13-8-11(15)7-6-10(13)9-16/h2-8H,1H3. The molecule has 0 atom stereocenters. The van der Waals surface area contributed by atoms with Crippen molar-refractivity contribution in [3.8, 4) is 17.6 Å². The van der Waals surface area contributed by atoms with Gasteiger partial charge in [-0.3, -0.25) is 0 Å². The van der Waals surface area contributed by atoms with Crippen molar-refractivity contribution in [2.24, 2.45) is 0 Å². The molecule has 0 aromatic heterocycles. The van der Waals surface area contributed by atoms with Crippen molar-refractivity contribution in [3.05, 3.63) is 52.5 Å². The molecule has 0 unspecified atom stereocenters. The van der Waals surface area contributed by atoms with Crippen molar-refractivity contribution in [2.45, 2.75) is 4.90 Å². The van der Waals surface area contributed by atoms with Crippen molar-refractivity contribution in [3.63, 3.8) is 0 Å². The fraction of sp³-hybridized carbons (Fsp3) is 0.0714. The zero-order valence-electron chi connectivity index (χ0n) is 9.68. The number of halogens is 1. The summed E-state index contributed by atoms with van der Waals surface area (Å²) < 4.78 is 6.72. The Morgan fingerprint density at radius 2 is 1.94 bits per heavy atom. The highest BCUT2D eigenvalue weighted by atomic mass is 79.9. The third kappa shape index (κ3) is 2.87. The molecule has 2 aromatic rings. The lowest BCUT2D eigenvalue weighted by Gasteiger charge is -2.10. The second-order valence-corrected chi connectivity index (χ2v) is 5.27. The number of rotatable bonds is 3. The van der Waals surface area contributed by atoms with Crippen LogP contribution in [0.2, 0.25) is 0 Å². The topological polar surface area (TPSA) is 33.0 Å². The lowest BCUT2D eigenvalue weighted by Crippen LogP contribution is -1.90. The van der Waals surface area contributed by atoms with E-state index in [1.807, 2.05) is 36.6 Å². The van der Waals surface area contributed by atoms with Gasteiger partial charge < -0.3 is 4.74 Å². The minimum Gasteiger partial charge on any atom is -0.455 e. The van der Waals surface area contributed by atoms with E-state index in [9.17, 15) is 0 Å². The summed E-state index contributed by atoms with van der Waals surface area (Å²) in [4.78, 5) is 1.04. The zero-order valence-corrected chi connectivity index (χ0v) is 12.1. The van der Waals surface area contributed by atoms with E-state index in [-0.39, 0.29) is 0 Å². The number of thioether (sulfide) groups is 1. The smallest absolute Gasteiger partial charge is 0.146 e. The van der Waals surface area contributed by atoms with Crippen LogP contribution >= 0.6 is 27.7 Å². The summed E-state index contributed by atoms with van der Waals surface area (Å²) >= 11 is 4.99. The number of nitriles is 1. The molecule has 18 heavy (non-hydrogen) atoms. The lowest BCUT2D eigenvalue weighted by molar-refractivity contribution is 0.469. The second kappa shape index (κ2) is 5.94. The maximum Gasteiger partial charge on any atom is 0.146 e. The van der Waals surface area contributed by atoms with Gasteiger partial charge in [0.25, 0.3) is 0 Å². The highest BCUT2D eigenvalue weighted by Crippen LogP contribution is 2.33. The van der Waals surface area contributed by atoms with Crippen molar-refractivity contribution < 1.29 is 4.74 Å². The van der Waals surface area contributed by atoms with Crippen LogP contribution in [0.4, 0.5) is 0 Å². The fourth-order valence-electron chi connectivity index (χ4n) is 1.49. The first-order valence-corrected chi connectivity index (χ1v) is 7.27. The van der Waals surface area contributed by atoms with Gasteiger partial charge in [-0.25, -0.2) is 0 Å². The Labute approximate surface area is 119 Å². The average Bonchev–Trinajstić information content (AvgIpc) is 2.40. The Morgan fingerprint density at radius 3 is 2.67 bits per heavy atom. The van der Waals surface area contributed by atoms with Gasteiger partial charge in [-0.1, -0.05) is 28.1 Å². The van der Waals surface area contributed by atoms with Crippen molar-refractivity contribution >= 4 is 27.7 Å². The van der Waals surface area contributed by atoms with Crippen LogP contribution in [0.1, 0.15) is 5.56 Å².